The van der Waals surface area contributed by atoms with Gasteiger partial charge in [0.2, 0.25) is 0 Å². The Morgan fingerprint density at radius 2 is 2.14 bits per heavy atom. The van der Waals surface area contributed by atoms with Gasteiger partial charge in [0, 0.05) is 25.8 Å². The first kappa shape index (κ1) is 16.3. The number of hydrogen-bond acceptors (Lipinski definition) is 5. The van der Waals surface area contributed by atoms with Crippen LogP contribution in [0.5, 0.6) is 0 Å². The highest BCUT2D eigenvalue weighted by Gasteiger charge is 2.32. The van der Waals surface area contributed by atoms with Crippen molar-refractivity contribution >= 4 is 17.6 Å². The van der Waals surface area contributed by atoms with Gasteiger partial charge in [-0.25, -0.2) is 9.80 Å². The highest BCUT2D eigenvalue weighted by atomic mass is 16.5. The number of likely N-dealkylation sites (N-methyl/N-ethyl adjacent to an activating group) is 1. The van der Waals surface area contributed by atoms with Crippen molar-refractivity contribution in [2.45, 2.75) is 33.1 Å². The summed E-state index contributed by atoms with van der Waals surface area (Å²) in [5, 5.41) is 5.16. The van der Waals surface area contributed by atoms with Crippen LogP contribution >= 0.6 is 0 Å². The fraction of sp³-hybridized carbons (Fsp3) is 0.562. The minimum absolute atomic E-state index is 0.0891. The molecule has 2 rings (SSSR count). The van der Waals surface area contributed by atoms with E-state index in [0.29, 0.717) is 5.57 Å². The summed E-state index contributed by atoms with van der Waals surface area (Å²) in [5.41, 5.74) is 1.60. The molecule has 0 unspecified atom stereocenters. The Morgan fingerprint density at radius 3 is 2.82 bits per heavy atom. The molecule has 2 aliphatic heterocycles. The van der Waals surface area contributed by atoms with Crippen LogP contribution in [0.3, 0.4) is 0 Å². The normalized spacial score (nSPS) is 22.0. The molecule has 6 heteroatoms. The van der Waals surface area contributed by atoms with Gasteiger partial charge in [0.1, 0.15) is 0 Å². The maximum Gasteiger partial charge on any atom is 0.359 e. The number of hydrazone groups is 1. The Kier molecular flexibility index (Phi) is 5.35. The summed E-state index contributed by atoms with van der Waals surface area (Å²) in [6.45, 7) is 6.20. The third-order valence-electron chi connectivity index (χ3n) is 3.70. The lowest BCUT2D eigenvalue weighted by molar-refractivity contribution is -0.135. The molecule has 0 N–H and O–H groups in total. The fourth-order valence-corrected chi connectivity index (χ4v) is 2.67. The summed E-state index contributed by atoms with van der Waals surface area (Å²) in [4.78, 5) is 26.4. The first-order valence-corrected chi connectivity index (χ1v) is 7.78. The van der Waals surface area contributed by atoms with Gasteiger partial charge in [0.15, 0.2) is 5.71 Å². The van der Waals surface area contributed by atoms with E-state index in [-0.39, 0.29) is 18.2 Å². The van der Waals surface area contributed by atoms with Crippen LogP contribution in [0.15, 0.2) is 28.5 Å². The van der Waals surface area contributed by atoms with Gasteiger partial charge in [-0.15, -0.1) is 0 Å². The molecule has 0 saturated carbocycles. The van der Waals surface area contributed by atoms with Crippen molar-refractivity contribution < 1.29 is 14.3 Å². The zero-order valence-corrected chi connectivity index (χ0v) is 13.5. The summed E-state index contributed by atoms with van der Waals surface area (Å²) >= 11 is 0. The van der Waals surface area contributed by atoms with Gasteiger partial charge in [0.25, 0.3) is 5.91 Å². The van der Waals surface area contributed by atoms with E-state index in [0.717, 1.165) is 32.4 Å². The van der Waals surface area contributed by atoms with Crippen molar-refractivity contribution in [3.05, 3.63) is 23.4 Å². The van der Waals surface area contributed by atoms with E-state index in [2.05, 4.69) is 16.9 Å². The average molecular weight is 305 g/mol. The van der Waals surface area contributed by atoms with Gasteiger partial charge in [-0.1, -0.05) is 6.92 Å². The summed E-state index contributed by atoms with van der Waals surface area (Å²) in [5.74, 6) is -0.832. The third-order valence-corrected chi connectivity index (χ3v) is 3.70. The molecule has 22 heavy (non-hydrogen) atoms. The Morgan fingerprint density at radius 1 is 1.36 bits per heavy atom. The van der Waals surface area contributed by atoms with Crippen molar-refractivity contribution in [2.75, 3.05) is 26.7 Å². The van der Waals surface area contributed by atoms with Crippen molar-refractivity contribution in [1.29, 1.82) is 0 Å². The molecular weight excluding hydrogens is 282 g/mol. The lowest BCUT2D eigenvalue weighted by Crippen LogP contribution is -2.21. The number of ether oxygens (including phenoxy) is 1. The molecule has 2 aliphatic rings. The highest BCUT2D eigenvalue weighted by Crippen LogP contribution is 2.22. The van der Waals surface area contributed by atoms with E-state index in [4.69, 9.17) is 4.74 Å². The maximum absolute atomic E-state index is 12.1. The average Bonchev–Trinajstić information content (AvgIpc) is 3.04. The number of amides is 1. The standard InChI is InChI=1S/C16H23N3O3/c1-4-10-19-11-6-7-12(19)8-9-13-14(16(21)22-5-2)17-18(3)15(13)20/h8-9H,4-7,10-11H2,1-3H3/b12-8-,13-9+. The van der Waals surface area contributed by atoms with E-state index < -0.39 is 5.97 Å². The van der Waals surface area contributed by atoms with Gasteiger partial charge in [-0.05, 0) is 38.3 Å². The van der Waals surface area contributed by atoms with Crippen LogP contribution in [0.2, 0.25) is 0 Å². The van der Waals surface area contributed by atoms with Gasteiger partial charge in [-0.3, -0.25) is 4.79 Å². The zero-order chi connectivity index (χ0) is 16.1. The highest BCUT2D eigenvalue weighted by molar-refractivity contribution is 6.51. The lowest BCUT2D eigenvalue weighted by Gasteiger charge is -2.18. The Labute approximate surface area is 131 Å². The molecule has 0 radical (unpaired) electrons. The summed E-state index contributed by atoms with van der Waals surface area (Å²) < 4.78 is 4.96. The first-order valence-electron chi connectivity index (χ1n) is 7.78. The molecule has 0 bridgehead atoms. The summed E-state index contributed by atoms with van der Waals surface area (Å²) in [6, 6.07) is 0. The number of carbonyl (C=O) groups is 2. The minimum Gasteiger partial charge on any atom is -0.461 e. The Bertz CT molecular complexity index is 549. The van der Waals surface area contributed by atoms with Crippen molar-refractivity contribution in [1.82, 2.24) is 9.91 Å². The van der Waals surface area contributed by atoms with E-state index >= 15 is 0 Å². The number of allylic oxidation sites excluding steroid dienone is 3. The van der Waals surface area contributed by atoms with E-state index in [1.165, 1.54) is 17.8 Å². The van der Waals surface area contributed by atoms with Crippen molar-refractivity contribution in [2.24, 2.45) is 5.10 Å². The summed E-state index contributed by atoms with van der Waals surface area (Å²) in [7, 11) is 1.54. The third kappa shape index (κ3) is 3.37. The maximum atomic E-state index is 12.1. The van der Waals surface area contributed by atoms with Crippen molar-refractivity contribution in [3.8, 4) is 0 Å². The Balaban J connectivity index is 2.22. The predicted octanol–water partition coefficient (Wildman–Crippen LogP) is 1.69. The van der Waals surface area contributed by atoms with Crippen LogP contribution in [0.1, 0.15) is 33.1 Å². The first-order chi connectivity index (χ1) is 10.6. The smallest absolute Gasteiger partial charge is 0.359 e. The molecule has 0 aliphatic carbocycles. The molecule has 6 nitrogen and oxygen atoms in total. The van der Waals surface area contributed by atoms with Gasteiger partial charge >= 0.3 is 5.97 Å². The van der Waals surface area contributed by atoms with E-state index in [1.807, 2.05) is 6.08 Å². The molecule has 0 spiro atoms. The molecule has 1 saturated heterocycles. The van der Waals surface area contributed by atoms with Crippen LogP contribution in [-0.4, -0.2) is 54.2 Å². The second-order valence-corrected chi connectivity index (χ2v) is 5.33. The monoisotopic (exact) mass is 305 g/mol. The van der Waals surface area contributed by atoms with E-state index in [1.54, 1.807) is 13.0 Å². The molecule has 0 aromatic heterocycles. The van der Waals surface area contributed by atoms with Crippen LogP contribution in [0.25, 0.3) is 0 Å². The molecule has 0 aromatic rings. The number of carbonyl (C=O) groups excluding carboxylic acids is 2. The molecule has 0 aromatic carbocycles. The van der Waals surface area contributed by atoms with Crippen LogP contribution in [0.4, 0.5) is 0 Å². The van der Waals surface area contributed by atoms with Crippen LogP contribution in [-0.2, 0) is 14.3 Å². The minimum atomic E-state index is -0.554. The largest absolute Gasteiger partial charge is 0.461 e. The SMILES string of the molecule is CCCN1CCC/C1=C/C=C1/C(=O)N(C)N=C1C(=O)OCC. The number of esters is 1. The Hall–Kier alpha value is -2.11. The van der Waals surface area contributed by atoms with Gasteiger partial charge < -0.3 is 9.64 Å². The lowest BCUT2D eigenvalue weighted by atomic mass is 10.1. The topological polar surface area (TPSA) is 62.2 Å². The molecule has 0 atom stereocenters. The second-order valence-electron chi connectivity index (χ2n) is 5.33. The molecular formula is C16H23N3O3. The molecule has 1 fully saturated rings. The quantitative estimate of drug-likeness (QED) is 0.573. The number of hydrogen-bond donors (Lipinski definition) is 0. The van der Waals surface area contributed by atoms with Crippen molar-refractivity contribution in [3.63, 3.8) is 0 Å². The number of rotatable bonds is 5. The molecule has 2 heterocycles. The second kappa shape index (κ2) is 7.24. The van der Waals surface area contributed by atoms with Gasteiger partial charge in [-0.2, -0.15) is 5.10 Å². The van der Waals surface area contributed by atoms with Crippen LogP contribution < -0.4 is 0 Å². The van der Waals surface area contributed by atoms with Gasteiger partial charge in [0.05, 0.1) is 12.2 Å². The molecule has 1 amide bonds. The molecule has 120 valence electrons. The summed E-state index contributed by atoms with van der Waals surface area (Å²) in [6.07, 6.45) is 6.85. The predicted molar refractivity (Wildman–Crippen MR) is 84.1 cm³/mol. The fourth-order valence-electron chi connectivity index (χ4n) is 2.67. The van der Waals surface area contributed by atoms with Crippen LogP contribution in [0, 0.1) is 0 Å². The zero-order valence-electron chi connectivity index (χ0n) is 13.5. The van der Waals surface area contributed by atoms with E-state index in [9.17, 15) is 9.59 Å². The number of likely N-dealkylation sites (tertiary alicyclic amines) is 1. The number of nitrogens with zero attached hydrogens (tertiary/aromatic N) is 3.